The van der Waals surface area contributed by atoms with Crippen LogP contribution in [0.1, 0.15) is 90.4 Å². The van der Waals surface area contributed by atoms with Crippen LogP contribution in [0.25, 0.3) is 0 Å². The fourth-order valence-electron chi connectivity index (χ4n) is 2.32. The smallest absolute Gasteiger partial charge is 0.119 e. The van der Waals surface area contributed by atoms with E-state index in [0.717, 1.165) is 44.8 Å². The maximum atomic E-state index is 10.1. The van der Waals surface area contributed by atoms with E-state index in [4.69, 9.17) is 0 Å². The zero-order valence-corrected chi connectivity index (χ0v) is 13.4. The van der Waals surface area contributed by atoms with Crippen molar-refractivity contribution in [2.24, 2.45) is 0 Å². The zero-order chi connectivity index (χ0) is 14.9. The summed E-state index contributed by atoms with van der Waals surface area (Å²) < 4.78 is 0. The summed E-state index contributed by atoms with van der Waals surface area (Å²) in [6, 6.07) is 0. The van der Waals surface area contributed by atoms with Crippen molar-refractivity contribution in [3.63, 3.8) is 0 Å². The first-order valence-corrected chi connectivity index (χ1v) is 8.58. The van der Waals surface area contributed by atoms with E-state index >= 15 is 0 Å². The van der Waals surface area contributed by atoms with Crippen molar-refractivity contribution in [3.05, 3.63) is 12.2 Å². The minimum Gasteiger partial charge on any atom is -0.393 e. The maximum Gasteiger partial charge on any atom is 0.119 e. The minimum absolute atomic E-state index is 0.147. The topological polar surface area (TPSA) is 37.3 Å². The summed E-state index contributed by atoms with van der Waals surface area (Å²) in [5, 5.41) is 9.79. The van der Waals surface area contributed by atoms with Crippen LogP contribution in [0, 0.1) is 0 Å². The Morgan fingerprint density at radius 2 is 1.50 bits per heavy atom. The summed E-state index contributed by atoms with van der Waals surface area (Å²) in [6.45, 7) is 2.21. The molecule has 0 aromatic carbocycles. The van der Waals surface area contributed by atoms with Crippen molar-refractivity contribution in [2.45, 2.75) is 96.5 Å². The van der Waals surface area contributed by atoms with E-state index < -0.39 is 0 Å². The van der Waals surface area contributed by atoms with Crippen LogP contribution in [0.15, 0.2) is 12.2 Å². The molecule has 0 unspecified atom stereocenters. The van der Waals surface area contributed by atoms with Gasteiger partial charge >= 0.3 is 0 Å². The SMILES string of the molecule is CCCCCC[C@@H](O)C/C=C\CCCCCCCC=O. The molecular weight excluding hydrogens is 248 g/mol. The molecule has 0 saturated carbocycles. The molecule has 1 N–H and O–H groups in total. The molecule has 0 aliphatic rings. The second-order valence-corrected chi connectivity index (χ2v) is 5.72. The van der Waals surface area contributed by atoms with Gasteiger partial charge in [-0.1, -0.05) is 64.0 Å². The van der Waals surface area contributed by atoms with E-state index in [0.29, 0.717) is 0 Å². The largest absolute Gasteiger partial charge is 0.393 e. The van der Waals surface area contributed by atoms with Crippen molar-refractivity contribution in [3.8, 4) is 0 Å². The number of allylic oxidation sites excluding steroid dienone is 1. The van der Waals surface area contributed by atoms with Crippen molar-refractivity contribution < 1.29 is 9.90 Å². The molecule has 0 rings (SSSR count). The lowest BCUT2D eigenvalue weighted by Gasteiger charge is -2.07. The third kappa shape index (κ3) is 15.4. The number of aliphatic hydroxyl groups excluding tert-OH is 1. The average molecular weight is 282 g/mol. The monoisotopic (exact) mass is 282 g/mol. The fraction of sp³-hybridized carbons (Fsp3) is 0.833. The van der Waals surface area contributed by atoms with Gasteiger partial charge in [0.2, 0.25) is 0 Å². The predicted octanol–water partition coefficient (Wildman–Crippen LogP) is 5.19. The number of hydrogen-bond donors (Lipinski definition) is 1. The number of aliphatic hydroxyl groups is 1. The summed E-state index contributed by atoms with van der Waals surface area (Å²) in [4.78, 5) is 10.1. The number of aldehydes is 1. The van der Waals surface area contributed by atoms with Crippen LogP contribution in [0.2, 0.25) is 0 Å². The minimum atomic E-state index is -0.147. The molecule has 0 fully saturated rings. The average Bonchev–Trinajstić information content (AvgIpc) is 2.45. The van der Waals surface area contributed by atoms with E-state index in [-0.39, 0.29) is 6.10 Å². The molecule has 0 aromatic heterocycles. The maximum absolute atomic E-state index is 10.1. The molecule has 0 aromatic rings. The molecule has 1 atom stereocenters. The van der Waals surface area contributed by atoms with Gasteiger partial charge in [0.15, 0.2) is 0 Å². The molecule has 0 bridgehead atoms. The summed E-state index contributed by atoms with van der Waals surface area (Å²) >= 11 is 0. The molecule has 2 nitrogen and oxygen atoms in total. The van der Waals surface area contributed by atoms with Crippen LogP contribution >= 0.6 is 0 Å². The molecule has 118 valence electrons. The number of carbonyl (C=O) groups is 1. The van der Waals surface area contributed by atoms with Crippen LogP contribution in [0.5, 0.6) is 0 Å². The van der Waals surface area contributed by atoms with Crippen molar-refractivity contribution >= 4 is 6.29 Å². The van der Waals surface area contributed by atoms with Crippen molar-refractivity contribution in [2.75, 3.05) is 0 Å². The number of carbonyl (C=O) groups excluding carboxylic acids is 1. The molecule has 0 radical (unpaired) electrons. The van der Waals surface area contributed by atoms with E-state index in [1.165, 1.54) is 44.9 Å². The standard InChI is InChI=1S/C18H34O2/c1-2-3-4-12-15-18(20)16-13-10-8-6-5-7-9-11-14-17-19/h10,13,17-18,20H,2-9,11-12,14-16H2,1H3/b13-10-/t18-/m1/s1. The van der Waals surface area contributed by atoms with E-state index in [9.17, 15) is 9.90 Å². The predicted molar refractivity (Wildman–Crippen MR) is 86.9 cm³/mol. The second kappa shape index (κ2) is 16.4. The van der Waals surface area contributed by atoms with Gasteiger partial charge in [0.1, 0.15) is 6.29 Å². The third-order valence-corrected chi connectivity index (χ3v) is 3.66. The first-order chi connectivity index (χ1) is 9.81. The highest BCUT2D eigenvalue weighted by Gasteiger charge is 2.00. The third-order valence-electron chi connectivity index (χ3n) is 3.66. The highest BCUT2D eigenvalue weighted by atomic mass is 16.3. The van der Waals surface area contributed by atoms with Gasteiger partial charge in [-0.25, -0.2) is 0 Å². The van der Waals surface area contributed by atoms with Gasteiger partial charge in [-0.15, -0.1) is 0 Å². The van der Waals surface area contributed by atoms with Crippen molar-refractivity contribution in [1.82, 2.24) is 0 Å². The first kappa shape index (κ1) is 19.4. The van der Waals surface area contributed by atoms with E-state index in [1.807, 2.05) is 0 Å². The van der Waals surface area contributed by atoms with Gasteiger partial charge in [-0.05, 0) is 32.1 Å². The Kier molecular flexibility index (Phi) is 15.9. The molecule has 0 aliphatic carbocycles. The van der Waals surface area contributed by atoms with Gasteiger partial charge < -0.3 is 9.90 Å². The highest BCUT2D eigenvalue weighted by Crippen LogP contribution is 2.10. The lowest BCUT2D eigenvalue weighted by Crippen LogP contribution is -2.04. The summed E-state index contributed by atoms with van der Waals surface area (Å²) in [7, 11) is 0. The Morgan fingerprint density at radius 1 is 0.850 bits per heavy atom. The normalized spacial score (nSPS) is 12.9. The first-order valence-electron chi connectivity index (χ1n) is 8.58. The molecule has 0 saturated heterocycles. The lowest BCUT2D eigenvalue weighted by molar-refractivity contribution is -0.107. The molecule has 20 heavy (non-hydrogen) atoms. The van der Waals surface area contributed by atoms with Crippen LogP contribution in [-0.4, -0.2) is 17.5 Å². The lowest BCUT2D eigenvalue weighted by atomic mass is 10.1. The molecule has 0 aliphatic heterocycles. The quantitative estimate of drug-likeness (QED) is 0.255. The van der Waals surface area contributed by atoms with E-state index in [1.54, 1.807) is 0 Å². The molecule has 0 amide bonds. The fourth-order valence-corrected chi connectivity index (χ4v) is 2.32. The molecule has 0 heterocycles. The molecule has 0 spiro atoms. The van der Waals surface area contributed by atoms with Crippen LogP contribution in [0.4, 0.5) is 0 Å². The van der Waals surface area contributed by atoms with Crippen LogP contribution < -0.4 is 0 Å². The molecular formula is C18H34O2. The molecule has 2 heteroatoms. The number of hydrogen-bond acceptors (Lipinski definition) is 2. The van der Waals surface area contributed by atoms with Crippen LogP contribution in [-0.2, 0) is 4.79 Å². The Morgan fingerprint density at radius 3 is 2.20 bits per heavy atom. The van der Waals surface area contributed by atoms with Gasteiger partial charge in [0.05, 0.1) is 6.10 Å². The Hall–Kier alpha value is -0.630. The van der Waals surface area contributed by atoms with Gasteiger partial charge in [-0.2, -0.15) is 0 Å². The van der Waals surface area contributed by atoms with E-state index in [2.05, 4.69) is 19.1 Å². The van der Waals surface area contributed by atoms with Gasteiger partial charge in [-0.3, -0.25) is 0 Å². The van der Waals surface area contributed by atoms with Gasteiger partial charge in [0.25, 0.3) is 0 Å². The second-order valence-electron chi connectivity index (χ2n) is 5.72. The summed E-state index contributed by atoms with van der Waals surface area (Å²) in [5.41, 5.74) is 0. The Labute approximate surface area is 125 Å². The summed E-state index contributed by atoms with van der Waals surface area (Å²) in [5.74, 6) is 0. The zero-order valence-electron chi connectivity index (χ0n) is 13.4. The Bertz CT molecular complexity index is 223. The highest BCUT2D eigenvalue weighted by molar-refractivity contribution is 5.48. The number of unbranched alkanes of at least 4 members (excludes halogenated alkanes) is 9. The van der Waals surface area contributed by atoms with Gasteiger partial charge in [0, 0.05) is 6.42 Å². The number of rotatable bonds is 15. The van der Waals surface area contributed by atoms with Crippen molar-refractivity contribution in [1.29, 1.82) is 0 Å². The Balaban J connectivity index is 3.23. The summed E-state index contributed by atoms with van der Waals surface area (Å²) in [6.07, 6.45) is 19.7. The van der Waals surface area contributed by atoms with Crippen LogP contribution in [0.3, 0.4) is 0 Å².